The van der Waals surface area contributed by atoms with Crippen molar-refractivity contribution in [2.24, 2.45) is 5.92 Å². The quantitative estimate of drug-likeness (QED) is 0.615. The van der Waals surface area contributed by atoms with Crippen LogP contribution >= 0.6 is 11.6 Å². The van der Waals surface area contributed by atoms with Gasteiger partial charge in [0.05, 0.1) is 16.7 Å². The molecule has 1 saturated carbocycles. The number of carbonyl (C=O) groups excluding carboxylic acids is 1. The molecule has 0 atom stereocenters. The highest BCUT2D eigenvalue weighted by Gasteiger charge is 2.25. The van der Waals surface area contributed by atoms with Crippen LogP contribution in [0.3, 0.4) is 0 Å². The molecule has 1 fully saturated rings. The number of rotatable bonds is 6. The van der Waals surface area contributed by atoms with Gasteiger partial charge in [0, 0.05) is 24.9 Å². The van der Waals surface area contributed by atoms with Crippen molar-refractivity contribution in [3.63, 3.8) is 0 Å². The third-order valence-electron chi connectivity index (χ3n) is 5.22. The van der Waals surface area contributed by atoms with Gasteiger partial charge < -0.3 is 4.74 Å². The van der Waals surface area contributed by atoms with Gasteiger partial charge in [-0.05, 0) is 55.2 Å². The second kappa shape index (κ2) is 9.16. The summed E-state index contributed by atoms with van der Waals surface area (Å²) in [5, 5.41) is 9.35. The molecule has 146 valence electrons. The van der Waals surface area contributed by atoms with Gasteiger partial charge in [-0.15, -0.1) is 0 Å². The zero-order chi connectivity index (χ0) is 20.1. The monoisotopic (exact) mass is 397 g/mol. The van der Waals surface area contributed by atoms with Crippen molar-refractivity contribution in [3.8, 4) is 11.8 Å². The van der Waals surface area contributed by atoms with Gasteiger partial charge in [-0.1, -0.05) is 25.4 Å². The molecule has 0 unspecified atom stereocenters. The number of ether oxygens (including phenoxy) is 1. The summed E-state index contributed by atoms with van der Waals surface area (Å²) in [6.45, 7) is 4.15. The minimum Gasteiger partial charge on any atom is -0.490 e. The molecule has 0 spiro atoms. The van der Waals surface area contributed by atoms with Crippen molar-refractivity contribution >= 4 is 17.4 Å². The molecule has 0 aliphatic heterocycles. The molecule has 0 N–H and O–H groups in total. The molecule has 28 heavy (non-hydrogen) atoms. The van der Waals surface area contributed by atoms with E-state index in [0.717, 1.165) is 31.2 Å². The molecule has 3 rings (SSSR count). The maximum Gasteiger partial charge on any atom is 0.200 e. The number of carbonyl (C=O) groups is 1. The lowest BCUT2D eigenvalue weighted by Gasteiger charge is -2.28. The summed E-state index contributed by atoms with van der Waals surface area (Å²) in [6.07, 6.45) is 7.74. The van der Waals surface area contributed by atoms with Gasteiger partial charge in [-0.2, -0.15) is 5.26 Å². The van der Waals surface area contributed by atoms with E-state index in [0.29, 0.717) is 40.4 Å². The summed E-state index contributed by atoms with van der Waals surface area (Å²) in [5.41, 5.74) is 1.48. The number of halogens is 1. The number of hydrogen-bond acceptors (Lipinski definition) is 5. The first-order valence-corrected chi connectivity index (χ1v) is 10.1. The average Bonchev–Trinajstić information content (AvgIpc) is 2.69. The van der Waals surface area contributed by atoms with E-state index >= 15 is 0 Å². The van der Waals surface area contributed by atoms with E-state index in [1.807, 2.05) is 6.07 Å². The molecular formula is C22H24ClN3O2. The number of hydrogen-bond donors (Lipinski definition) is 0. The average molecular weight is 398 g/mol. The van der Waals surface area contributed by atoms with Gasteiger partial charge in [-0.3, -0.25) is 4.79 Å². The van der Waals surface area contributed by atoms with Gasteiger partial charge >= 0.3 is 0 Å². The molecular weight excluding hydrogens is 374 g/mol. The van der Waals surface area contributed by atoms with Gasteiger partial charge in [0.2, 0.25) is 0 Å². The van der Waals surface area contributed by atoms with Crippen molar-refractivity contribution in [1.82, 2.24) is 9.97 Å². The van der Waals surface area contributed by atoms with Crippen molar-refractivity contribution in [1.29, 1.82) is 5.26 Å². The van der Waals surface area contributed by atoms with Crippen molar-refractivity contribution in [3.05, 3.63) is 52.6 Å². The molecule has 6 heteroatoms. The second-order valence-corrected chi connectivity index (χ2v) is 8.04. The number of nitriles is 1. The lowest BCUT2D eigenvalue weighted by molar-refractivity contribution is 0.0892. The van der Waals surface area contributed by atoms with Crippen LogP contribution in [0, 0.1) is 17.2 Å². The van der Waals surface area contributed by atoms with Crippen LogP contribution in [0.4, 0.5) is 0 Å². The number of aromatic nitrogens is 2. The minimum absolute atomic E-state index is 0.0125. The van der Waals surface area contributed by atoms with Crippen LogP contribution in [-0.2, 0) is 0 Å². The minimum atomic E-state index is 0.0125. The Labute approximate surface area is 170 Å². The molecule has 2 aromatic rings. The molecule has 1 aromatic heterocycles. The molecule has 1 aliphatic rings. The van der Waals surface area contributed by atoms with Crippen LogP contribution in [0.15, 0.2) is 30.6 Å². The van der Waals surface area contributed by atoms with Gasteiger partial charge in [0.25, 0.3) is 0 Å². The normalized spacial score (nSPS) is 19.2. The standard InChI is InChI=1S/C22H24ClN3O2/c1-14(2)17-12-25-22(26-13-17)21(27)9-15-3-6-18(7-4-15)28-19-8-5-16(11-24)20(23)10-19/h5,8,10,12-15,18H,3-4,6-7,9H2,1-2H3. The Kier molecular flexibility index (Phi) is 6.64. The van der Waals surface area contributed by atoms with Gasteiger partial charge in [-0.25, -0.2) is 9.97 Å². The van der Waals surface area contributed by atoms with Crippen molar-refractivity contribution in [2.75, 3.05) is 0 Å². The summed E-state index contributed by atoms with van der Waals surface area (Å²) in [7, 11) is 0. The SMILES string of the molecule is CC(C)c1cnc(C(=O)CC2CCC(Oc3ccc(C#N)c(Cl)c3)CC2)nc1. The summed E-state index contributed by atoms with van der Waals surface area (Å²) in [4.78, 5) is 20.9. The van der Waals surface area contributed by atoms with E-state index in [1.165, 1.54) is 0 Å². The molecule has 0 radical (unpaired) electrons. The first kappa shape index (κ1) is 20.3. The Morgan fingerprint density at radius 1 is 1.25 bits per heavy atom. The second-order valence-electron chi connectivity index (χ2n) is 7.64. The Hall–Kier alpha value is -2.45. The maximum absolute atomic E-state index is 12.5. The zero-order valence-electron chi connectivity index (χ0n) is 16.2. The lowest BCUT2D eigenvalue weighted by Crippen LogP contribution is -2.25. The Balaban J connectivity index is 1.49. The molecule has 0 bridgehead atoms. The Morgan fingerprint density at radius 3 is 2.50 bits per heavy atom. The van der Waals surface area contributed by atoms with E-state index in [2.05, 4.69) is 23.8 Å². The van der Waals surface area contributed by atoms with Crippen LogP contribution in [-0.4, -0.2) is 21.9 Å². The van der Waals surface area contributed by atoms with Crippen LogP contribution in [0.1, 0.15) is 73.6 Å². The molecule has 1 heterocycles. The van der Waals surface area contributed by atoms with E-state index in [1.54, 1.807) is 30.6 Å². The Morgan fingerprint density at radius 2 is 1.93 bits per heavy atom. The molecule has 0 saturated heterocycles. The summed E-state index contributed by atoms with van der Waals surface area (Å²) in [6, 6.07) is 7.18. The van der Waals surface area contributed by atoms with Crippen LogP contribution in [0.25, 0.3) is 0 Å². The summed E-state index contributed by atoms with van der Waals surface area (Å²) >= 11 is 6.06. The van der Waals surface area contributed by atoms with E-state index in [4.69, 9.17) is 21.6 Å². The first-order valence-electron chi connectivity index (χ1n) is 9.67. The maximum atomic E-state index is 12.5. The number of Topliss-reactive ketones (excluding diaryl/α,β-unsaturated/α-hetero) is 1. The zero-order valence-corrected chi connectivity index (χ0v) is 16.9. The van der Waals surface area contributed by atoms with Crippen LogP contribution < -0.4 is 4.74 Å². The van der Waals surface area contributed by atoms with Crippen LogP contribution in [0.2, 0.25) is 5.02 Å². The Bertz CT molecular complexity index is 866. The van der Waals surface area contributed by atoms with Crippen molar-refractivity contribution < 1.29 is 9.53 Å². The van der Waals surface area contributed by atoms with Gasteiger partial charge in [0.1, 0.15) is 11.8 Å². The topological polar surface area (TPSA) is 75.9 Å². The predicted molar refractivity (Wildman–Crippen MR) is 108 cm³/mol. The van der Waals surface area contributed by atoms with E-state index in [9.17, 15) is 4.79 Å². The summed E-state index contributed by atoms with van der Waals surface area (Å²) < 4.78 is 6.01. The predicted octanol–water partition coefficient (Wildman–Crippen LogP) is 5.34. The third-order valence-corrected chi connectivity index (χ3v) is 5.53. The molecule has 1 aliphatic carbocycles. The van der Waals surface area contributed by atoms with Crippen molar-refractivity contribution in [2.45, 2.75) is 58.0 Å². The highest BCUT2D eigenvalue weighted by molar-refractivity contribution is 6.31. The smallest absolute Gasteiger partial charge is 0.200 e. The largest absolute Gasteiger partial charge is 0.490 e. The molecule has 5 nitrogen and oxygen atoms in total. The highest BCUT2D eigenvalue weighted by Crippen LogP contribution is 2.31. The van der Waals surface area contributed by atoms with Crippen LogP contribution in [0.5, 0.6) is 5.75 Å². The highest BCUT2D eigenvalue weighted by atomic mass is 35.5. The van der Waals surface area contributed by atoms with Gasteiger partial charge in [0.15, 0.2) is 11.6 Å². The fourth-order valence-corrected chi connectivity index (χ4v) is 3.65. The number of nitrogens with zero attached hydrogens (tertiary/aromatic N) is 3. The third kappa shape index (κ3) is 5.08. The number of ketones is 1. The van der Waals surface area contributed by atoms with E-state index < -0.39 is 0 Å². The molecule has 1 aromatic carbocycles. The fourth-order valence-electron chi connectivity index (χ4n) is 3.44. The fraction of sp³-hybridized carbons (Fsp3) is 0.455. The molecule has 0 amide bonds. The first-order chi connectivity index (χ1) is 13.5. The number of benzene rings is 1. The lowest BCUT2D eigenvalue weighted by atomic mass is 9.84. The summed E-state index contributed by atoms with van der Waals surface area (Å²) in [5.74, 6) is 1.70. The van der Waals surface area contributed by atoms with E-state index in [-0.39, 0.29) is 11.9 Å².